The summed E-state index contributed by atoms with van der Waals surface area (Å²) in [5.74, 6) is 0.381. The maximum atomic E-state index is 12.4. The first-order chi connectivity index (χ1) is 14.4. The lowest BCUT2D eigenvalue weighted by molar-refractivity contribution is 0.0923. The van der Waals surface area contributed by atoms with Crippen molar-refractivity contribution >= 4 is 27.3 Å². The minimum Gasteiger partial charge on any atom is -0.494 e. The molecule has 3 aromatic rings. The summed E-state index contributed by atoms with van der Waals surface area (Å²) in [6, 6.07) is 18.3. The number of hydrogen-bond donors (Lipinski definition) is 1. The summed E-state index contributed by atoms with van der Waals surface area (Å²) >= 11 is 5.82. The molecule has 8 heteroatoms. The highest BCUT2D eigenvalue weighted by atomic mass is 35.5. The highest BCUT2D eigenvalue weighted by Gasteiger charge is 2.19. The summed E-state index contributed by atoms with van der Waals surface area (Å²) in [5.41, 5.74) is 0. The van der Waals surface area contributed by atoms with Gasteiger partial charge in [0.15, 0.2) is 15.6 Å². The second-order valence-corrected chi connectivity index (χ2v) is 9.03. The highest BCUT2D eigenvalue weighted by Crippen LogP contribution is 2.18. The molecule has 0 saturated heterocycles. The minimum absolute atomic E-state index is 0.0886. The lowest BCUT2D eigenvalue weighted by Crippen LogP contribution is -2.24. The standard InChI is InChI=1S/C22H22ClNO5S/c23-17-8-10-18(11-9-17)28-15-5-4-14-24-22(25)21-13-12-19(29-21)16-30(26,27)20-6-2-1-3-7-20/h1-3,6-13H,4-5,14-16H2,(H,24,25). The molecule has 0 aliphatic rings. The third-order valence-corrected chi connectivity index (χ3v) is 6.17. The summed E-state index contributed by atoms with van der Waals surface area (Å²) in [5, 5.41) is 3.41. The summed E-state index contributed by atoms with van der Waals surface area (Å²) in [7, 11) is -3.52. The number of rotatable bonds is 10. The van der Waals surface area contributed by atoms with Crippen LogP contribution < -0.4 is 10.1 Å². The number of sulfone groups is 1. The summed E-state index contributed by atoms with van der Waals surface area (Å²) in [6.45, 7) is 0.987. The van der Waals surface area contributed by atoms with Gasteiger partial charge in [0, 0.05) is 11.6 Å². The Labute approximate surface area is 180 Å². The molecule has 0 aliphatic heterocycles. The third kappa shape index (κ3) is 6.37. The Morgan fingerprint density at radius 2 is 1.70 bits per heavy atom. The Bertz CT molecular complexity index is 1060. The van der Waals surface area contributed by atoms with E-state index >= 15 is 0 Å². The number of furan rings is 1. The SMILES string of the molecule is O=C(NCCCCOc1ccc(Cl)cc1)c1ccc(CS(=O)(=O)c2ccccc2)o1. The first-order valence-electron chi connectivity index (χ1n) is 9.47. The van der Waals surface area contributed by atoms with Gasteiger partial charge in [0.05, 0.1) is 11.5 Å². The van der Waals surface area contributed by atoms with Gasteiger partial charge in [0.25, 0.3) is 5.91 Å². The van der Waals surface area contributed by atoms with Gasteiger partial charge in [-0.1, -0.05) is 29.8 Å². The fourth-order valence-corrected chi connectivity index (χ4v) is 4.11. The van der Waals surface area contributed by atoms with Gasteiger partial charge in [-0.05, 0) is 61.4 Å². The zero-order valence-corrected chi connectivity index (χ0v) is 17.8. The van der Waals surface area contributed by atoms with Crippen molar-refractivity contribution in [2.45, 2.75) is 23.5 Å². The molecule has 6 nitrogen and oxygen atoms in total. The quantitative estimate of drug-likeness (QED) is 0.462. The van der Waals surface area contributed by atoms with E-state index in [1.807, 2.05) is 0 Å². The molecule has 1 amide bonds. The maximum absolute atomic E-state index is 12.4. The first-order valence-corrected chi connectivity index (χ1v) is 11.5. The van der Waals surface area contributed by atoms with Gasteiger partial charge in [0.2, 0.25) is 0 Å². The van der Waals surface area contributed by atoms with Gasteiger partial charge in [-0.2, -0.15) is 0 Å². The van der Waals surface area contributed by atoms with Crippen LogP contribution in [0.25, 0.3) is 0 Å². The second kappa shape index (κ2) is 10.3. The molecule has 0 radical (unpaired) electrons. The molecule has 0 bridgehead atoms. The Morgan fingerprint density at radius 1 is 0.967 bits per heavy atom. The molecular formula is C22H22ClNO5S. The maximum Gasteiger partial charge on any atom is 0.286 e. The molecule has 0 spiro atoms. The normalized spacial score (nSPS) is 11.2. The van der Waals surface area contributed by atoms with Crippen LogP contribution in [0.4, 0.5) is 0 Å². The average Bonchev–Trinajstić information content (AvgIpc) is 3.20. The van der Waals surface area contributed by atoms with Crippen LogP contribution in [0.2, 0.25) is 5.02 Å². The number of benzene rings is 2. The molecule has 0 saturated carbocycles. The minimum atomic E-state index is -3.52. The fourth-order valence-electron chi connectivity index (χ4n) is 2.71. The Kier molecular flexibility index (Phi) is 7.54. The summed E-state index contributed by atoms with van der Waals surface area (Å²) in [4.78, 5) is 12.4. The molecule has 0 fully saturated rings. The number of nitrogens with one attached hydrogen (secondary N) is 1. The van der Waals surface area contributed by atoms with Gasteiger partial charge in [-0.15, -0.1) is 0 Å². The van der Waals surface area contributed by atoms with Gasteiger partial charge >= 0.3 is 0 Å². The molecule has 0 aliphatic carbocycles. The van der Waals surface area contributed by atoms with E-state index < -0.39 is 9.84 Å². The van der Waals surface area contributed by atoms with Crippen LogP contribution in [0, 0.1) is 0 Å². The number of ether oxygens (including phenoxy) is 1. The number of hydrogen-bond acceptors (Lipinski definition) is 5. The molecule has 0 atom stereocenters. The molecule has 30 heavy (non-hydrogen) atoms. The summed E-state index contributed by atoms with van der Waals surface area (Å²) < 4.78 is 35.8. The predicted molar refractivity (Wildman–Crippen MR) is 115 cm³/mol. The number of carbonyl (C=O) groups is 1. The molecule has 1 heterocycles. The van der Waals surface area contributed by atoms with Crippen molar-refractivity contribution in [1.82, 2.24) is 5.32 Å². The smallest absolute Gasteiger partial charge is 0.286 e. The van der Waals surface area contributed by atoms with Gasteiger partial charge in [-0.25, -0.2) is 8.42 Å². The van der Waals surface area contributed by atoms with E-state index in [0.29, 0.717) is 18.2 Å². The predicted octanol–water partition coefficient (Wildman–Crippen LogP) is 4.50. The fraction of sp³-hybridized carbons (Fsp3) is 0.227. The third-order valence-electron chi connectivity index (χ3n) is 4.26. The van der Waals surface area contributed by atoms with Gasteiger partial charge in [0.1, 0.15) is 17.3 Å². The van der Waals surface area contributed by atoms with Gasteiger partial charge < -0.3 is 14.5 Å². The van der Waals surface area contributed by atoms with Crippen LogP contribution in [0.3, 0.4) is 0 Å². The number of halogens is 1. The van der Waals surface area contributed by atoms with E-state index in [-0.39, 0.29) is 28.1 Å². The van der Waals surface area contributed by atoms with E-state index in [1.165, 1.54) is 24.3 Å². The van der Waals surface area contributed by atoms with Crippen molar-refractivity contribution in [3.8, 4) is 5.75 Å². The number of unbranched alkanes of at least 4 members (excludes halogenated alkanes) is 1. The molecule has 2 aromatic carbocycles. The van der Waals surface area contributed by atoms with E-state index in [2.05, 4.69) is 5.32 Å². The van der Waals surface area contributed by atoms with Crippen LogP contribution in [0.5, 0.6) is 5.75 Å². The zero-order chi connectivity index (χ0) is 21.4. The van der Waals surface area contributed by atoms with Crippen LogP contribution in [0.1, 0.15) is 29.2 Å². The molecular weight excluding hydrogens is 426 g/mol. The largest absolute Gasteiger partial charge is 0.494 e. The Balaban J connectivity index is 1.40. The van der Waals surface area contributed by atoms with Crippen LogP contribution >= 0.6 is 11.6 Å². The Morgan fingerprint density at radius 3 is 2.43 bits per heavy atom. The van der Waals surface area contributed by atoms with Crippen molar-refractivity contribution in [2.24, 2.45) is 0 Å². The average molecular weight is 448 g/mol. The van der Waals surface area contributed by atoms with Crippen LogP contribution in [0.15, 0.2) is 76.0 Å². The van der Waals surface area contributed by atoms with E-state index in [1.54, 1.807) is 42.5 Å². The highest BCUT2D eigenvalue weighted by molar-refractivity contribution is 7.90. The van der Waals surface area contributed by atoms with Crippen molar-refractivity contribution < 1.29 is 22.4 Å². The van der Waals surface area contributed by atoms with Crippen molar-refractivity contribution in [3.05, 3.63) is 83.3 Å². The lowest BCUT2D eigenvalue weighted by Gasteiger charge is -2.06. The lowest BCUT2D eigenvalue weighted by atomic mass is 10.3. The van der Waals surface area contributed by atoms with Crippen molar-refractivity contribution in [1.29, 1.82) is 0 Å². The second-order valence-electron chi connectivity index (χ2n) is 6.60. The molecule has 1 N–H and O–H groups in total. The van der Waals surface area contributed by atoms with Crippen molar-refractivity contribution in [2.75, 3.05) is 13.2 Å². The summed E-state index contributed by atoms with van der Waals surface area (Å²) in [6.07, 6.45) is 1.50. The van der Waals surface area contributed by atoms with Crippen LogP contribution in [-0.2, 0) is 15.6 Å². The topological polar surface area (TPSA) is 85.6 Å². The number of amides is 1. The zero-order valence-electron chi connectivity index (χ0n) is 16.2. The van der Waals surface area contributed by atoms with Crippen LogP contribution in [-0.4, -0.2) is 27.5 Å². The van der Waals surface area contributed by atoms with E-state index in [9.17, 15) is 13.2 Å². The van der Waals surface area contributed by atoms with Crippen molar-refractivity contribution in [3.63, 3.8) is 0 Å². The van der Waals surface area contributed by atoms with E-state index in [4.69, 9.17) is 20.8 Å². The first kappa shape index (κ1) is 21.9. The number of carbonyl (C=O) groups excluding carboxylic acids is 1. The molecule has 3 rings (SSSR count). The van der Waals surface area contributed by atoms with E-state index in [0.717, 1.165) is 18.6 Å². The molecule has 158 valence electrons. The molecule has 0 unspecified atom stereocenters. The monoisotopic (exact) mass is 447 g/mol. The Hall–Kier alpha value is -2.77. The molecule has 1 aromatic heterocycles. The van der Waals surface area contributed by atoms with Gasteiger partial charge in [-0.3, -0.25) is 4.79 Å².